The van der Waals surface area contributed by atoms with Crippen LogP contribution < -0.4 is 11.1 Å². The molecule has 1 amide bonds. The van der Waals surface area contributed by atoms with Gasteiger partial charge in [0.15, 0.2) is 0 Å². The van der Waals surface area contributed by atoms with Crippen molar-refractivity contribution in [2.45, 2.75) is 25.2 Å². The molecule has 26 heavy (non-hydrogen) atoms. The highest BCUT2D eigenvalue weighted by atomic mass is 16.5. The first-order chi connectivity index (χ1) is 12.5. The van der Waals surface area contributed by atoms with Gasteiger partial charge in [-0.05, 0) is 17.5 Å². The van der Waals surface area contributed by atoms with Crippen molar-refractivity contribution in [3.63, 3.8) is 0 Å². The summed E-state index contributed by atoms with van der Waals surface area (Å²) < 4.78 is 5.06. The molecule has 0 spiro atoms. The Morgan fingerprint density at radius 1 is 1.12 bits per heavy atom. The molecule has 7 heteroatoms. The van der Waals surface area contributed by atoms with Crippen LogP contribution in [0, 0.1) is 5.41 Å². The van der Waals surface area contributed by atoms with Crippen LogP contribution in [0.4, 0.5) is 4.79 Å². The monoisotopic (exact) mass is 357 g/mol. The van der Waals surface area contributed by atoms with Crippen molar-refractivity contribution < 1.29 is 19.7 Å². The molecule has 0 radical (unpaired) electrons. The standard InChI is InChI=1S/C19H23N3O4/c20-18(21)15-8-6-14(7-9-15)17(24)16(23)10-11-22-19(25)26-12-13-4-2-1-3-5-13/h1-9,16-17,23-24H,10-12H2,(H3,20,21)(H,22,25). The van der Waals surface area contributed by atoms with Crippen LogP contribution in [0.3, 0.4) is 0 Å². The first-order valence-electron chi connectivity index (χ1n) is 8.22. The van der Waals surface area contributed by atoms with Crippen molar-refractivity contribution >= 4 is 11.9 Å². The number of alkyl carbamates (subject to hydrolysis) is 1. The summed E-state index contributed by atoms with van der Waals surface area (Å²) in [5.41, 5.74) is 7.31. The summed E-state index contributed by atoms with van der Waals surface area (Å²) in [6, 6.07) is 15.7. The molecule has 0 aliphatic heterocycles. The lowest BCUT2D eigenvalue weighted by molar-refractivity contribution is 0.0136. The van der Waals surface area contributed by atoms with Crippen LogP contribution in [0.15, 0.2) is 54.6 Å². The van der Waals surface area contributed by atoms with Crippen molar-refractivity contribution in [3.8, 4) is 0 Å². The Morgan fingerprint density at radius 3 is 2.38 bits per heavy atom. The molecule has 0 saturated heterocycles. The average molecular weight is 357 g/mol. The fourth-order valence-electron chi connectivity index (χ4n) is 2.34. The molecule has 0 aliphatic carbocycles. The van der Waals surface area contributed by atoms with Crippen LogP contribution in [0.25, 0.3) is 0 Å². The maximum absolute atomic E-state index is 11.6. The minimum Gasteiger partial charge on any atom is -0.445 e. The highest BCUT2D eigenvalue weighted by molar-refractivity contribution is 5.94. The Hall–Kier alpha value is -2.90. The number of hydrogen-bond donors (Lipinski definition) is 5. The minimum absolute atomic E-state index is 0.0650. The van der Waals surface area contributed by atoms with Crippen LogP contribution in [-0.4, -0.2) is 34.8 Å². The summed E-state index contributed by atoms with van der Waals surface area (Å²) in [5.74, 6) is -0.0650. The number of ether oxygens (including phenoxy) is 1. The molecular formula is C19H23N3O4. The van der Waals surface area contributed by atoms with Gasteiger partial charge in [0.2, 0.25) is 0 Å². The van der Waals surface area contributed by atoms with Crippen molar-refractivity contribution in [1.82, 2.24) is 5.32 Å². The van der Waals surface area contributed by atoms with Crippen molar-refractivity contribution in [1.29, 1.82) is 5.41 Å². The van der Waals surface area contributed by atoms with E-state index in [0.29, 0.717) is 11.1 Å². The van der Waals surface area contributed by atoms with Gasteiger partial charge in [-0.1, -0.05) is 54.6 Å². The van der Waals surface area contributed by atoms with E-state index in [2.05, 4.69) is 5.32 Å². The normalized spacial score (nSPS) is 12.8. The van der Waals surface area contributed by atoms with Crippen LogP contribution >= 0.6 is 0 Å². The fourth-order valence-corrected chi connectivity index (χ4v) is 2.34. The van der Waals surface area contributed by atoms with Gasteiger partial charge in [-0.2, -0.15) is 0 Å². The molecule has 2 rings (SSSR count). The van der Waals surface area contributed by atoms with Gasteiger partial charge in [-0.15, -0.1) is 0 Å². The molecule has 0 saturated carbocycles. The first-order valence-corrected chi connectivity index (χ1v) is 8.22. The molecule has 0 fully saturated rings. The van der Waals surface area contributed by atoms with E-state index in [1.165, 1.54) is 0 Å². The Labute approximate surface area is 151 Å². The number of carbonyl (C=O) groups excluding carboxylic acids is 1. The maximum atomic E-state index is 11.6. The lowest BCUT2D eigenvalue weighted by Gasteiger charge is -2.18. The molecule has 138 valence electrons. The molecular weight excluding hydrogens is 334 g/mol. The molecule has 0 heterocycles. The summed E-state index contributed by atoms with van der Waals surface area (Å²) in [5, 5.41) is 30.1. The van der Waals surface area contributed by atoms with E-state index in [1.807, 2.05) is 30.3 Å². The van der Waals surface area contributed by atoms with Crippen LogP contribution in [0.5, 0.6) is 0 Å². The summed E-state index contributed by atoms with van der Waals surface area (Å²) in [4.78, 5) is 11.6. The predicted molar refractivity (Wildman–Crippen MR) is 97.7 cm³/mol. The average Bonchev–Trinajstić information content (AvgIpc) is 2.66. The molecule has 7 nitrogen and oxygen atoms in total. The van der Waals surface area contributed by atoms with Gasteiger partial charge < -0.3 is 26.0 Å². The van der Waals surface area contributed by atoms with E-state index < -0.39 is 18.3 Å². The van der Waals surface area contributed by atoms with E-state index >= 15 is 0 Å². The number of aliphatic hydroxyl groups excluding tert-OH is 2. The largest absolute Gasteiger partial charge is 0.445 e. The van der Waals surface area contributed by atoms with E-state index in [1.54, 1.807) is 24.3 Å². The van der Waals surface area contributed by atoms with Crippen LogP contribution in [0.2, 0.25) is 0 Å². The SMILES string of the molecule is N=C(N)c1ccc(C(O)C(O)CCNC(=O)OCc2ccccc2)cc1. The van der Waals surface area contributed by atoms with Gasteiger partial charge in [0, 0.05) is 12.1 Å². The lowest BCUT2D eigenvalue weighted by atomic mass is 10.0. The third kappa shape index (κ3) is 5.87. The third-order valence-electron chi connectivity index (χ3n) is 3.85. The van der Waals surface area contributed by atoms with E-state index in [0.717, 1.165) is 5.56 Å². The Morgan fingerprint density at radius 2 is 1.77 bits per heavy atom. The topological polar surface area (TPSA) is 129 Å². The fraction of sp³-hybridized carbons (Fsp3) is 0.263. The Kier molecular flexibility index (Phi) is 7.13. The number of benzene rings is 2. The van der Waals surface area contributed by atoms with Crippen LogP contribution in [0.1, 0.15) is 29.2 Å². The van der Waals surface area contributed by atoms with Gasteiger partial charge in [-0.25, -0.2) is 4.79 Å². The molecule has 0 bridgehead atoms. The summed E-state index contributed by atoms with van der Waals surface area (Å²) in [7, 11) is 0. The number of amidine groups is 1. The second kappa shape index (κ2) is 9.55. The third-order valence-corrected chi connectivity index (χ3v) is 3.85. The van der Waals surface area contributed by atoms with E-state index in [4.69, 9.17) is 15.9 Å². The van der Waals surface area contributed by atoms with E-state index in [9.17, 15) is 15.0 Å². The quantitative estimate of drug-likeness (QED) is 0.363. The zero-order chi connectivity index (χ0) is 18.9. The molecule has 2 aromatic rings. The second-order valence-electron chi connectivity index (χ2n) is 5.83. The number of carbonyl (C=O) groups is 1. The molecule has 2 atom stereocenters. The Bertz CT molecular complexity index is 719. The number of nitrogens with two attached hydrogens (primary N) is 1. The number of nitrogen functional groups attached to an aromatic ring is 1. The zero-order valence-corrected chi connectivity index (χ0v) is 14.3. The predicted octanol–water partition coefficient (Wildman–Crippen LogP) is 1.68. The van der Waals surface area contributed by atoms with Crippen LogP contribution in [-0.2, 0) is 11.3 Å². The zero-order valence-electron chi connectivity index (χ0n) is 14.3. The summed E-state index contributed by atoms with van der Waals surface area (Å²) in [6.45, 7) is 0.331. The molecule has 2 unspecified atom stereocenters. The summed E-state index contributed by atoms with van der Waals surface area (Å²) in [6.07, 6.45) is -2.57. The maximum Gasteiger partial charge on any atom is 0.407 e. The van der Waals surface area contributed by atoms with Gasteiger partial charge in [0.1, 0.15) is 18.5 Å². The minimum atomic E-state index is -1.10. The molecule has 0 aromatic heterocycles. The number of amides is 1. The number of hydrogen-bond acceptors (Lipinski definition) is 5. The first kappa shape index (κ1) is 19.4. The second-order valence-corrected chi connectivity index (χ2v) is 5.83. The van der Waals surface area contributed by atoms with Gasteiger partial charge in [-0.3, -0.25) is 5.41 Å². The van der Waals surface area contributed by atoms with Crippen molar-refractivity contribution in [2.75, 3.05) is 6.54 Å². The smallest absolute Gasteiger partial charge is 0.407 e. The van der Waals surface area contributed by atoms with Gasteiger partial charge in [0.25, 0.3) is 0 Å². The van der Waals surface area contributed by atoms with Gasteiger partial charge >= 0.3 is 6.09 Å². The Balaban J connectivity index is 1.72. The van der Waals surface area contributed by atoms with E-state index in [-0.39, 0.29) is 25.4 Å². The number of rotatable bonds is 8. The lowest BCUT2D eigenvalue weighted by Crippen LogP contribution is -2.29. The van der Waals surface area contributed by atoms with Crippen molar-refractivity contribution in [3.05, 3.63) is 71.3 Å². The highest BCUT2D eigenvalue weighted by Crippen LogP contribution is 2.19. The molecule has 2 aromatic carbocycles. The molecule has 6 N–H and O–H groups in total. The number of nitrogens with one attached hydrogen (secondary N) is 2. The highest BCUT2D eigenvalue weighted by Gasteiger charge is 2.18. The van der Waals surface area contributed by atoms with Gasteiger partial charge in [0.05, 0.1) is 6.10 Å². The number of aliphatic hydroxyl groups is 2. The summed E-state index contributed by atoms with van der Waals surface area (Å²) >= 11 is 0. The molecule has 0 aliphatic rings. The van der Waals surface area contributed by atoms with Crippen molar-refractivity contribution in [2.24, 2.45) is 5.73 Å².